The number of ether oxygens (including phenoxy) is 2. The van der Waals surface area contributed by atoms with Crippen LogP contribution in [0, 0.1) is 11.8 Å². The number of rotatable bonds is 5. The van der Waals surface area contributed by atoms with Gasteiger partial charge in [-0.25, -0.2) is 0 Å². The number of benzene rings is 2. The lowest BCUT2D eigenvalue weighted by Gasteiger charge is -2.39. The molecule has 0 radical (unpaired) electrons. The van der Waals surface area contributed by atoms with Crippen molar-refractivity contribution in [2.24, 2.45) is 0 Å². The molecule has 2 aromatic carbocycles. The van der Waals surface area contributed by atoms with Crippen molar-refractivity contribution < 1.29 is 55.4 Å². The fraction of sp³-hybridized carbons (Fsp3) is 0.304. The minimum atomic E-state index is -1.75. The molecule has 5 unspecified atom stereocenters. The van der Waals surface area contributed by atoms with E-state index in [0.717, 1.165) is 12.1 Å². The lowest BCUT2D eigenvalue weighted by atomic mass is 9.99. The lowest BCUT2D eigenvalue weighted by molar-refractivity contribution is -0.291. The summed E-state index contributed by atoms with van der Waals surface area (Å²) >= 11 is 0. The van der Waals surface area contributed by atoms with Crippen LogP contribution in [-0.4, -0.2) is 83.3 Å². The summed E-state index contributed by atoms with van der Waals surface area (Å²) in [5.41, 5.74) is 0.336. The van der Waals surface area contributed by atoms with Crippen LogP contribution in [0.15, 0.2) is 42.2 Å². The summed E-state index contributed by atoms with van der Waals surface area (Å²) in [6.45, 7) is -0.689. The van der Waals surface area contributed by atoms with Crippen molar-refractivity contribution in [3.8, 4) is 34.8 Å². The molecule has 0 aliphatic carbocycles. The van der Waals surface area contributed by atoms with E-state index >= 15 is 0 Å². The summed E-state index contributed by atoms with van der Waals surface area (Å²) in [7, 11) is 0. The van der Waals surface area contributed by atoms with E-state index < -0.39 is 54.6 Å². The van der Waals surface area contributed by atoms with Gasteiger partial charge in [-0.15, -0.1) is 0 Å². The van der Waals surface area contributed by atoms with Crippen LogP contribution in [0.5, 0.6) is 23.0 Å². The highest BCUT2D eigenvalue weighted by Crippen LogP contribution is 2.31. The third kappa shape index (κ3) is 5.45. The zero-order valence-electron chi connectivity index (χ0n) is 17.6. The average Bonchev–Trinajstić information content (AvgIpc) is 2.82. The maximum Gasteiger partial charge on any atom is 0.228 e. The first kappa shape index (κ1) is 25.0. The van der Waals surface area contributed by atoms with Gasteiger partial charge in [-0.05, 0) is 36.4 Å². The van der Waals surface area contributed by atoms with Crippen LogP contribution in [0.4, 0.5) is 0 Å². The molecular formula is C23H24O11. The predicted molar refractivity (Wildman–Crippen MR) is 115 cm³/mol. The summed E-state index contributed by atoms with van der Waals surface area (Å²) in [6, 6.07) is 7.32. The Labute approximate surface area is 193 Å². The van der Waals surface area contributed by atoms with Crippen molar-refractivity contribution in [1.82, 2.24) is 0 Å². The molecule has 0 aromatic heterocycles. The SMILES string of the molecule is OCC1OC(OC(CC#Cc2ccc(O)c(O)c2)=C(O)c2ccc(O)c(O)c2)C(O)C(O)C1O. The Kier molecular flexibility index (Phi) is 7.72. The molecule has 11 nitrogen and oxygen atoms in total. The van der Waals surface area contributed by atoms with Crippen LogP contribution < -0.4 is 0 Å². The van der Waals surface area contributed by atoms with Gasteiger partial charge in [0.1, 0.15) is 24.4 Å². The van der Waals surface area contributed by atoms with Crippen LogP contribution >= 0.6 is 0 Å². The number of aliphatic hydroxyl groups excluding tert-OH is 5. The minimum Gasteiger partial charge on any atom is -0.504 e. The number of phenolic OH excluding ortho intramolecular Hbond substituents is 4. The molecular weight excluding hydrogens is 452 g/mol. The molecule has 9 N–H and O–H groups in total. The quantitative estimate of drug-likeness (QED) is 0.160. The van der Waals surface area contributed by atoms with Crippen molar-refractivity contribution >= 4 is 5.76 Å². The van der Waals surface area contributed by atoms with E-state index in [0.29, 0.717) is 5.56 Å². The van der Waals surface area contributed by atoms with Gasteiger partial charge >= 0.3 is 0 Å². The van der Waals surface area contributed by atoms with Gasteiger partial charge in [0.05, 0.1) is 13.0 Å². The van der Waals surface area contributed by atoms with Gasteiger partial charge in [-0.3, -0.25) is 0 Å². The van der Waals surface area contributed by atoms with Gasteiger partial charge in [0, 0.05) is 11.1 Å². The highest BCUT2D eigenvalue weighted by Gasteiger charge is 2.45. The zero-order valence-corrected chi connectivity index (χ0v) is 17.6. The first-order chi connectivity index (χ1) is 16.1. The van der Waals surface area contributed by atoms with Gasteiger partial charge in [0.25, 0.3) is 0 Å². The monoisotopic (exact) mass is 476 g/mol. The topological polar surface area (TPSA) is 201 Å². The van der Waals surface area contributed by atoms with Crippen molar-refractivity contribution in [3.05, 3.63) is 53.3 Å². The summed E-state index contributed by atoms with van der Waals surface area (Å²) in [4.78, 5) is 0. The first-order valence-corrected chi connectivity index (χ1v) is 10.0. The molecule has 3 rings (SSSR count). The first-order valence-electron chi connectivity index (χ1n) is 10.0. The number of aliphatic hydroxyl groups is 5. The Balaban J connectivity index is 1.94. The van der Waals surface area contributed by atoms with E-state index in [2.05, 4.69) is 11.8 Å². The molecule has 1 aliphatic rings. The summed E-state index contributed by atoms with van der Waals surface area (Å²) < 4.78 is 10.9. The molecule has 182 valence electrons. The summed E-state index contributed by atoms with van der Waals surface area (Å²) in [6.07, 6.45) is -8.26. The molecule has 0 spiro atoms. The maximum atomic E-state index is 10.8. The van der Waals surface area contributed by atoms with Gasteiger partial charge in [-0.1, -0.05) is 11.8 Å². The Bertz CT molecular complexity index is 1120. The molecule has 0 amide bonds. The number of hydrogen-bond donors (Lipinski definition) is 9. The maximum absolute atomic E-state index is 10.8. The number of aromatic hydroxyl groups is 4. The van der Waals surface area contributed by atoms with Crippen LogP contribution in [0.1, 0.15) is 17.5 Å². The molecule has 1 fully saturated rings. The van der Waals surface area contributed by atoms with Gasteiger partial charge in [0.15, 0.2) is 34.5 Å². The Hall–Kier alpha value is -3.66. The average molecular weight is 476 g/mol. The fourth-order valence-corrected chi connectivity index (χ4v) is 3.15. The van der Waals surface area contributed by atoms with Gasteiger partial charge in [0.2, 0.25) is 6.29 Å². The van der Waals surface area contributed by atoms with E-state index in [1.54, 1.807) is 0 Å². The van der Waals surface area contributed by atoms with Crippen molar-refractivity contribution in [2.45, 2.75) is 37.1 Å². The molecule has 1 aliphatic heterocycles. The van der Waals surface area contributed by atoms with Crippen LogP contribution in [0.25, 0.3) is 5.76 Å². The Morgan fingerprint density at radius 1 is 0.853 bits per heavy atom. The molecule has 34 heavy (non-hydrogen) atoms. The second-order valence-corrected chi connectivity index (χ2v) is 7.47. The normalized spacial score (nSPS) is 25.1. The van der Waals surface area contributed by atoms with Crippen molar-refractivity contribution in [2.75, 3.05) is 6.61 Å². The highest BCUT2D eigenvalue weighted by molar-refractivity contribution is 5.64. The third-order valence-electron chi connectivity index (χ3n) is 5.08. The minimum absolute atomic E-state index is 0.0129. The van der Waals surface area contributed by atoms with Crippen molar-refractivity contribution in [3.63, 3.8) is 0 Å². The Morgan fingerprint density at radius 3 is 2.12 bits per heavy atom. The highest BCUT2D eigenvalue weighted by atomic mass is 16.7. The summed E-state index contributed by atoms with van der Waals surface area (Å²) in [5, 5.41) is 88.6. The van der Waals surface area contributed by atoms with E-state index in [9.17, 15) is 46.0 Å². The second-order valence-electron chi connectivity index (χ2n) is 7.47. The van der Waals surface area contributed by atoms with Crippen LogP contribution in [0.2, 0.25) is 0 Å². The fourth-order valence-electron chi connectivity index (χ4n) is 3.15. The standard InChI is InChI=1S/C23H24O11/c24-10-18-20(30)21(31)22(32)23(34-18)33-17(19(29)12-5-7-14(26)16(28)9-12)3-1-2-11-4-6-13(25)15(27)8-11/h4-9,18,20-32H,3,10H2. The third-order valence-corrected chi connectivity index (χ3v) is 5.08. The van der Waals surface area contributed by atoms with Crippen LogP contribution in [0.3, 0.4) is 0 Å². The molecule has 0 bridgehead atoms. The molecule has 5 atom stereocenters. The largest absolute Gasteiger partial charge is 0.504 e. The number of allylic oxidation sites excluding steroid dienone is 1. The molecule has 0 saturated carbocycles. The van der Waals surface area contributed by atoms with Gasteiger partial charge < -0.3 is 55.4 Å². The predicted octanol–water partition coefficient (Wildman–Crippen LogP) is -0.00610. The second kappa shape index (κ2) is 10.5. The number of phenols is 4. The van der Waals surface area contributed by atoms with Crippen LogP contribution in [-0.2, 0) is 9.47 Å². The Morgan fingerprint density at radius 2 is 1.50 bits per heavy atom. The molecule has 11 heteroatoms. The van der Waals surface area contributed by atoms with E-state index in [1.807, 2.05) is 0 Å². The lowest BCUT2D eigenvalue weighted by Crippen LogP contribution is -2.59. The summed E-state index contributed by atoms with van der Waals surface area (Å²) in [5.74, 6) is 2.87. The van der Waals surface area contributed by atoms with E-state index in [4.69, 9.17) is 9.47 Å². The number of hydrogen-bond acceptors (Lipinski definition) is 11. The zero-order chi connectivity index (χ0) is 25.0. The molecule has 1 saturated heterocycles. The molecule has 2 aromatic rings. The van der Waals surface area contributed by atoms with E-state index in [-0.39, 0.29) is 29.2 Å². The van der Waals surface area contributed by atoms with Gasteiger partial charge in [-0.2, -0.15) is 0 Å². The molecule has 1 heterocycles. The van der Waals surface area contributed by atoms with E-state index in [1.165, 1.54) is 24.3 Å². The van der Waals surface area contributed by atoms with Crippen molar-refractivity contribution in [1.29, 1.82) is 0 Å². The smallest absolute Gasteiger partial charge is 0.228 e.